The molecule has 116 valence electrons. The zero-order valence-corrected chi connectivity index (χ0v) is 12.8. The van der Waals surface area contributed by atoms with Crippen LogP contribution in [0, 0.1) is 12.8 Å². The van der Waals surface area contributed by atoms with Crippen molar-refractivity contribution in [2.45, 2.75) is 33.7 Å². The van der Waals surface area contributed by atoms with Gasteiger partial charge in [-0.05, 0) is 19.3 Å². The van der Waals surface area contributed by atoms with Crippen molar-refractivity contribution in [2.75, 3.05) is 13.2 Å². The van der Waals surface area contributed by atoms with Crippen molar-refractivity contribution in [3.05, 3.63) is 24.0 Å². The highest BCUT2D eigenvalue weighted by atomic mass is 16.5. The molecule has 1 heterocycles. The van der Waals surface area contributed by atoms with Crippen molar-refractivity contribution in [1.29, 1.82) is 0 Å². The third-order valence-corrected chi connectivity index (χ3v) is 2.85. The molecule has 0 aliphatic carbocycles. The molecule has 0 bridgehead atoms. The van der Waals surface area contributed by atoms with Crippen LogP contribution < -0.4 is 5.32 Å². The van der Waals surface area contributed by atoms with Crippen molar-refractivity contribution < 1.29 is 14.3 Å². The topological polar surface area (TPSA) is 86.1 Å². The number of esters is 1. The predicted octanol–water partition coefficient (Wildman–Crippen LogP) is 1.09. The second kappa shape index (κ2) is 8.18. The van der Waals surface area contributed by atoms with Gasteiger partial charge in [0.05, 0.1) is 5.69 Å². The largest absolute Gasteiger partial charge is 0.457 e. The molecule has 1 N–H and O–H groups in total. The lowest BCUT2D eigenvalue weighted by Crippen LogP contribution is -2.29. The first-order valence-electron chi connectivity index (χ1n) is 6.90. The molecule has 0 saturated carbocycles. The van der Waals surface area contributed by atoms with Crippen molar-refractivity contribution in [1.82, 2.24) is 20.3 Å². The maximum absolute atomic E-state index is 11.8. The summed E-state index contributed by atoms with van der Waals surface area (Å²) >= 11 is 0. The quantitative estimate of drug-likeness (QED) is 0.573. The standard InChI is InChI=1S/C14H22N4O3/c1-5-8-21-14(20)13-11(4)18(17-16-13)9-12(19)15-7-6-10(2)3/h5,10H,1,6-9H2,2-4H3,(H,15,19). The molecule has 7 heteroatoms. The van der Waals surface area contributed by atoms with Crippen LogP contribution in [0.4, 0.5) is 0 Å². The van der Waals surface area contributed by atoms with E-state index in [9.17, 15) is 9.59 Å². The van der Waals surface area contributed by atoms with Crippen LogP contribution in [0.2, 0.25) is 0 Å². The molecule has 0 fully saturated rings. The molecule has 1 amide bonds. The van der Waals surface area contributed by atoms with Crippen molar-refractivity contribution >= 4 is 11.9 Å². The first kappa shape index (κ1) is 16.9. The van der Waals surface area contributed by atoms with E-state index in [1.165, 1.54) is 10.8 Å². The van der Waals surface area contributed by atoms with E-state index in [1.54, 1.807) is 6.92 Å². The molecule has 0 unspecified atom stereocenters. The SMILES string of the molecule is C=CCOC(=O)c1nnn(CC(=O)NCCC(C)C)c1C. The summed E-state index contributed by atoms with van der Waals surface area (Å²) in [5.41, 5.74) is 0.620. The minimum Gasteiger partial charge on any atom is -0.457 e. The minimum atomic E-state index is -0.570. The van der Waals surface area contributed by atoms with E-state index >= 15 is 0 Å². The van der Waals surface area contributed by atoms with Gasteiger partial charge in [0.2, 0.25) is 5.91 Å². The Hall–Kier alpha value is -2.18. The summed E-state index contributed by atoms with van der Waals surface area (Å²) in [7, 11) is 0. The van der Waals surface area contributed by atoms with Crippen LogP contribution in [0.5, 0.6) is 0 Å². The Morgan fingerprint density at radius 2 is 2.19 bits per heavy atom. The first-order chi connectivity index (χ1) is 9.95. The maximum Gasteiger partial charge on any atom is 0.361 e. The van der Waals surface area contributed by atoms with Crippen molar-refractivity contribution in [3.8, 4) is 0 Å². The number of rotatable bonds is 8. The Kier molecular flexibility index (Phi) is 6.58. The van der Waals surface area contributed by atoms with E-state index in [1.807, 2.05) is 0 Å². The Balaban J connectivity index is 2.56. The molecule has 0 atom stereocenters. The number of aromatic nitrogens is 3. The predicted molar refractivity (Wildman–Crippen MR) is 77.7 cm³/mol. The summed E-state index contributed by atoms with van der Waals surface area (Å²) in [6.07, 6.45) is 2.39. The van der Waals surface area contributed by atoms with Gasteiger partial charge in [0.1, 0.15) is 13.2 Å². The van der Waals surface area contributed by atoms with E-state index < -0.39 is 5.97 Å². The average molecular weight is 294 g/mol. The van der Waals surface area contributed by atoms with Crippen LogP contribution in [-0.4, -0.2) is 40.0 Å². The van der Waals surface area contributed by atoms with Gasteiger partial charge in [-0.1, -0.05) is 31.7 Å². The number of hydrogen-bond acceptors (Lipinski definition) is 5. The van der Waals surface area contributed by atoms with Gasteiger partial charge in [0.25, 0.3) is 0 Å². The fourth-order valence-corrected chi connectivity index (χ4v) is 1.59. The van der Waals surface area contributed by atoms with Gasteiger partial charge in [0.15, 0.2) is 5.69 Å². The number of nitrogens with zero attached hydrogens (tertiary/aromatic N) is 3. The maximum atomic E-state index is 11.8. The fraction of sp³-hybridized carbons (Fsp3) is 0.571. The van der Waals surface area contributed by atoms with E-state index in [4.69, 9.17) is 4.74 Å². The smallest absolute Gasteiger partial charge is 0.361 e. The van der Waals surface area contributed by atoms with Crippen molar-refractivity contribution in [2.24, 2.45) is 5.92 Å². The molecule has 0 spiro atoms. The number of carbonyl (C=O) groups is 2. The van der Waals surface area contributed by atoms with Gasteiger partial charge in [-0.25, -0.2) is 9.48 Å². The minimum absolute atomic E-state index is 0.0334. The van der Waals surface area contributed by atoms with Crippen LogP contribution in [-0.2, 0) is 16.1 Å². The fourth-order valence-electron chi connectivity index (χ4n) is 1.59. The summed E-state index contributed by atoms with van der Waals surface area (Å²) in [5.74, 6) is -0.196. The van der Waals surface area contributed by atoms with Gasteiger partial charge in [-0.3, -0.25) is 4.79 Å². The highest BCUT2D eigenvalue weighted by Crippen LogP contribution is 2.05. The monoisotopic (exact) mass is 294 g/mol. The number of hydrogen-bond donors (Lipinski definition) is 1. The number of amides is 1. The van der Waals surface area contributed by atoms with Crippen LogP contribution in [0.25, 0.3) is 0 Å². The summed E-state index contributed by atoms with van der Waals surface area (Å²) in [4.78, 5) is 23.5. The molecular formula is C14H22N4O3. The molecule has 7 nitrogen and oxygen atoms in total. The van der Waals surface area contributed by atoms with Gasteiger partial charge in [-0.2, -0.15) is 0 Å². The Bertz CT molecular complexity index is 508. The molecule has 0 aromatic carbocycles. The molecule has 0 saturated heterocycles. The van der Waals surface area contributed by atoms with Crippen molar-refractivity contribution in [3.63, 3.8) is 0 Å². The molecule has 1 rings (SSSR count). The molecule has 1 aromatic heterocycles. The Morgan fingerprint density at radius 3 is 2.81 bits per heavy atom. The molecule has 0 radical (unpaired) electrons. The Labute approximate surface area is 124 Å². The van der Waals surface area contributed by atoms with Gasteiger partial charge in [0, 0.05) is 6.54 Å². The number of nitrogens with one attached hydrogen (secondary N) is 1. The van der Waals surface area contributed by atoms with E-state index in [0.717, 1.165) is 6.42 Å². The normalized spacial score (nSPS) is 10.5. The zero-order chi connectivity index (χ0) is 15.8. The summed E-state index contributed by atoms with van der Waals surface area (Å²) in [5, 5.41) is 10.4. The van der Waals surface area contributed by atoms with Gasteiger partial charge >= 0.3 is 5.97 Å². The highest BCUT2D eigenvalue weighted by molar-refractivity contribution is 5.88. The van der Waals surface area contributed by atoms with E-state index in [-0.39, 0.29) is 24.8 Å². The first-order valence-corrected chi connectivity index (χ1v) is 6.90. The lowest BCUT2D eigenvalue weighted by atomic mass is 10.1. The van der Waals surface area contributed by atoms with Crippen LogP contribution in [0.3, 0.4) is 0 Å². The van der Waals surface area contributed by atoms with E-state index in [0.29, 0.717) is 18.2 Å². The third kappa shape index (κ3) is 5.37. The lowest BCUT2D eigenvalue weighted by molar-refractivity contribution is -0.121. The average Bonchev–Trinajstić information content (AvgIpc) is 2.77. The Morgan fingerprint density at radius 1 is 1.48 bits per heavy atom. The zero-order valence-electron chi connectivity index (χ0n) is 12.8. The second-order valence-corrected chi connectivity index (χ2v) is 5.10. The van der Waals surface area contributed by atoms with Crippen LogP contribution >= 0.6 is 0 Å². The third-order valence-electron chi connectivity index (χ3n) is 2.85. The summed E-state index contributed by atoms with van der Waals surface area (Å²) < 4.78 is 6.28. The molecule has 1 aromatic rings. The molecule has 21 heavy (non-hydrogen) atoms. The number of ether oxygens (including phenoxy) is 1. The molecule has 0 aliphatic heterocycles. The summed E-state index contributed by atoms with van der Waals surface area (Å²) in [6, 6.07) is 0. The number of carbonyl (C=O) groups excluding carboxylic acids is 2. The highest BCUT2D eigenvalue weighted by Gasteiger charge is 2.18. The van der Waals surface area contributed by atoms with Gasteiger partial charge < -0.3 is 10.1 Å². The van der Waals surface area contributed by atoms with E-state index in [2.05, 4.69) is 36.1 Å². The molecular weight excluding hydrogens is 272 g/mol. The summed E-state index contributed by atoms with van der Waals surface area (Å²) in [6.45, 7) is 10.1. The van der Waals surface area contributed by atoms with Crippen LogP contribution in [0.15, 0.2) is 12.7 Å². The molecule has 0 aliphatic rings. The van der Waals surface area contributed by atoms with Gasteiger partial charge in [-0.15, -0.1) is 5.10 Å². The van der Waals surface area contributed by atoms with Crippen LogP contribution in [0.1, 0.15) is 36.5 Å². The second-order valence-electron chi connectivity index (χ2n) is 5.10. The lowest BCUT2D eigenvalue weighted by Gasteiger charge is -2.07.